The molecule has 1 heterocycles. The van der Waals surface area contributed by atoms with E-state index in [-0.39, 0.29) is 17.7 Å². The molecule has 5 heteroatoms. The number of aromatic nitrogens is 3. The normalized spacial score (nSPS) is 11.3. The molecule has 78 valence electrons. The third-order valence-corrected chi connectivity index (χ3v) is 1.96. The molecule has 0 radical (unpaired) electrons. The van der Waals surface area contributed by atoms with E-state index in [0.29, 0.717) is 5.69 Å². The fourth-order valence-electron chi connectivity index (χ4n) is 1.26. The molecule has 0 saturated carbocycles. The average molecular weight is 197 g/mol. The van der Waals surface area contributed by atoms with Gasteiger partial charge in [-0.05, 0) is 19.8 Å². The Morgan fingerprint density at radius 2 is 1.93 bits per heavy atom. The van der Waals surface area contributed by atoms with Gasteiger partial charge < -0.3 is 5.11 Å². The quantitative estimate of drug-likeness (QED) is 0.800. The van der Waals surface area contributed by atoms with Crippen LogP contribution in [0.1, 0.15) is 55.8 Å². The maximum absolute atomic E-state index is 11.0. The Morgan fingerprint density at radius 3 is 2.29 bits per heavy atom. The van der Waals surface area contributed by atoms with Crippen LogP contribution in [-0.2, 0) is 0 Å². The average Bonchev–Trinajstić information content (AvgIpc) is 2.46. The van der Waals surface area contributed by atoms with E-state index in [0.717, 1.165) is 0 Å². The second kappa shape index (κ2) is 3.77. The van der Waals surface area contributed by atoms with Crippen molar-refractivity contribution in [1.29, 1.82) is 0 Å². The second-order valence-corrected chi connectivity index (χ2v) is 3.82. The van der Waals surface area contributed by atoms with E-state index < -0.39 is 5.97 Å². The molecule has 0 aromatic carbocycles. The van der Waals surface area contributed by atoms with Crippen LogP contribution >= 0.6 is 0 Å². The molecule has 0 aliphatic heterocycles. The van der Waals surface area contributed by atoms with Crippen LogP contribution in [0.25, 0.3) is 0 Å². The molecule has 0 bridgehead atoms. The smallest absolute Gasteiger partial charge is 0.356 e. The van der Waals surface area contributed by atoms with Crippen molar-refractivity contribution in [3.8, 4) is 0 Å². The molecule has 0 aliphatic rings. The summed E-state index contributed by atoms with van der Waals surface area (Å²) in [7, 11) is 0. The number of aromatic carboxylic acids is 1. The summed E-state index contributed by atoms with van der Waals surface area (Å²) < 4.78 is 1.44. The van der Waals surface area contributed by atoms with E-state index in [4.69, 9.17) is 5.11 Å². The summed E-state index contributed by atoms with van der Waals surface area (Å²) in [5.41, 5.74) is 0.751. The van der Waals surface area contributed by atoms with Crippen molar-refractivity contribution in [2.45, 2.75) is 39.7 Å². The van der Waals surface area contributed by atoms with Crippen LogP contribution in [-0.4, -0.2) is 26.1 Å². The summed E-state index contributed by atoms with van der Waals surface area (Å²) in [6.07, 6.45) is 0. The van der Waals surface area contributed by atoms with Gasteiger partial charge in [0.25, 0.3) is 0 Å². The van der Waals surface area contributed by atoms with Gasteiger partial charge in [-0.2, -0.15) is 0 Å². The zero-order valence-electron chi connectivity index (χ0n) is 8.85. The van der Waals surface area contributed by atoms with Crippen molar-refractivity contribution < 1.29 is 9.90 Å². The standard InChI is InChI=1S/C9H15N3O2/c1-5(2)7-8(9(13)14)12(6(3)4)11-10-7/h5-6H,1-4H3,(H,13,14). The van der Waals surface area contributed by atoms with Gasteiger partial charge in [-0.1, -0.05) is 19.1 Å². The lowest BCUT2D eigenvalue weighted by Crippen LogP contribution is -2.14. The molecule has 0 unspecified atom stereocenters. The highest BCUT2D eigenvalue weighted by molar-refractivity contribution is 5.87. The van der Waals surface area contributed by atoms with Crippen LogP contribution in [0.3, 0.4) is 0 Å². The Morgan fingerprint density at radius 1 is 1.36 bits per heavy atom. The van der Waals surface area contributed by atoms with Crippen molar-refractivity contribution >= 4 is 5.97 Å². The third kappa shape index (κ3) is 1.76. The summed E-state index contributed by atoms with van der Waals surface area (Å²) in [6, 6.07) is 0.0149. The minimum absolute atomic E-state index is 0.0149. The van der Waals surface area contributed by atoms with Gasteiger partial charge in [0.15, 0.2) is 5.69 Å². The van der Waals surface area contributed by atoms with Gasteiger partial charge in [0.1, 0.15) is 5.69 Å². The molecule has 1 aromatic rings. The van der Waals surface area contributed by atoms with Gasteiger partial charge in [0.2, 0.25) is 0 Å². The lowest BCUT2D eigenvalue weighted by molar-refractivity contribution is 0.0679. The van der Waals surface area contributed by atoms with Crippen LogP contribution in [0.2, 0.25) is 0 Å². The molecule has 5 nitrogen and oxygen atoms in total. The molecule has 14 heavy (non-hydrogen) atoms. The monoisotopic (exact) mass is 197 g/mol. The highest BCUT2D eigenvalue weighted by Crippen LogP contribution is 2.18. The van der Waals surface area contributed by atoms with Crippen LogP contribution in [0.15, 0.2) is 0 Å². The van der Waals surface area contributed by atoms with E-state index in [1.807, 2.05) is 27.7 Å². The topological polar surface area (TPSA) is 68.0 Å². The van der Waals surface area contributed by atoms with Gasteiger partial charge in [-0.3, -0.25) is 0 Å². The molecule has 1 aromatic heterocycles. The molecule has 0 amide bonds. The highest BCUT2D eigenvalue weighted by atomic mass is 16.4. The molecular weight excluding hydrogens is 182 g/mol. The zero-order valence-corrected chi connectivity index (χ0v) is 8.85. The van der Waals surface area contributed by atoms with Crippen molar-refractivity contribution in [1.82, 2.24) is 15.0 Å². The number of carboxylic acids is 1. The maximum Gasteiger partial charge on any atom is 0.356 e. The zero-order chi connectivity index (χ0) is 10.9. The first-order valence-electron chi connectivity index (χ1n) is 4.63. The predicted octanol–water partition coefficient (Wildman–Crippen LogP) is 1.68. The van der Waals surface area contributed by atoms with Crippen LogP contribution < -0.4 is 0 Å². The lowest BCUT2D eigenvalue weighted by Gasteiger charge is -2.08. The van der Waals surface area contributed by atoms with Gasteiger partial charge in [0.05, 0.1) is 0 Å². The van der Waals surface area contributed by atoms with E-state index >= 15 is 0 Å². The van der Waals surface area contributed by atoms with E-state index in [1.165, 1.54) is 4.68 Å². The van der Waals surface area contributed by atoms with Gasteiger partial charge in [0, 0.05) is 6.04 Å². The summed E-state index contributed by atoms with van der Waals surface area (Å²) in [6.45, 7) is 7.57. The molecule has 0 saturated heterocycles. The molecular formula is C9H15N3O2. The van der Waals surface area contributed by atoms with Gasteiger partial charge >= 0.3 is 5.97 Å². The number of carboxylic acid groups (broad SMARTS) is 1. The summed E-state index contributed by atoms with van der Waals surface area (Å²) in [4.78, 5) is 11.0. The summed E-state index contributed by atoms with van der Waals surface area (Å²) >= 11 is 0. The first kappa shape index (κ1) is 10.7. The van der Waals surface area contributed by atoms with E-state index in [1.54, 1.807) is 0 Å². The molecule has 0 atom stereocenters. The van der Waals surface area contributed by atoms with Crippen LogP contribution in [0.5, 0.6) is 0 Å². The summed E-state index contributed by atoms with van der Waals surface area (Å²) in [5, 5.41) is 16.8. The van der Waals surface area contributed by atoms with Gasteiger partial charge in [-0.15, -0.1) is 5.10 Å². The van der Waals surface area contributed by atoms with Crippen LogP contribution in [0.4, 0.5) is 0 Å². The molecule has 0 aliphatic carbocycles. The minimum Gasteiger partial charge on any atom is -0.476 e. The molecule has 1 N–H and O–H groups in total. The number of hydrogen-bond acceptors (Lipinski definition) is 3. The summed E-state index contributed by atoms with van der Waals surface area (Å²) in [5.74, 6) is -0.888. The fraction of sp³-hybridized carbons (Fsp3) is 0.667. The molecule has 1 rings (SSSR count). The van der Waals surface area contributed by atoms with Crippen molar-refractivity contribution in [3.05, 3.63) is 11.4 Å². The number of rotatable bonds is 3. The minimum atomic E-state index is -0.965. The predicted molar refractivity (Wildman–Crippen MR) is 51.5 cm³/mol. The number of nitrogens with zero attached hydrogens (tertiary/aromatic N) is 3. The first-order valence-corrected chi connectivity index (χ1v) is 4.63. The first-order chi connectivity index (χ1) is 6.45. The Kier molecular flexibility index (Phi) is 2.88. The third-order valence-electron chi connectivity index (χ3n) is 1.96. The Hall–Kier alpha value is -1.39. The number of carbonyl (C=O) groups is 1. The van der Waals surface area contributed by atoms with Crippen molar-refractivity contribution in [2.75, 3.05) is 0 Å². The van der Waals surface area contributed by atoms with E-state index in [9.17, 15) is 4.79 Å². The molecule has 0 spiro atoms. The fourth-order valence-corrected chi connectivity index (χ4v) is 1.26. The lowest BCUT2D eigenvalue weighted by atomic mass is 10.1. The van der Waals surface area contributed by atoms with Crippen molar-refractivity contribution in [3.63, 3.8) is 0 Å². The largest absolute Gasteiger partial charge is 0.476 e. The SMILES string of the molecule is CC(C)c1nnn(C(C)C)c1C(=O)O. The Labute approximate surface area is 82.7 Å². The Balaban J connectivity index is 3.28. The molecule has 0 fully saturated rings. The van der Waals surface area contributed by atoms with Crippen LogP contribution in [0, 0.1) is 0 Å². The van der Waals surface area contributed by atoms with E-state index in [2.05, 4.69) is 10.3 Å². The Bertz CT molecular complexity index is 316. The number of hydrogen-bond donors (Lipinski definition) is 1. The highest BCUT2D eigenvalue weighted by Gasteiger charge is 2.22. The maximum atomic E-state index is 11.0. The van der Waals surface area contributed by atoms with Gasteiger partial charge in [-0.25, -0.2) is 9.48 Å². The second-order valence-electron chi connectivity index (χ2n) is 3.82. The van der Waals surface area contributed by atoms with Crippen molar-refractivity contribution in [2.24, 2.45) is 0 Å².